The second-order valence-electron chi connectivity index (χ2n) is 6.36. The molecule has 6 heteroatoms. The molecule has 2 heterocycles. The number of aromatic amines is 1. The Labute approximate surface area is 160 Å². The molecule has 4 rings (SSSR count). The van der Waals surface area contributed by atoms with Gasteiger partial charge in [-0.05, 0) is 48.9 Å². The van der Waals surface area contributed by atoms with Crippen molar-refractivity contribution in [3.8, 4) is 17.4 Å². The molecular weight excluding hydrogens is 354 g/mol. The monoisotopic (exact) mass is 369 g/mol. The number of imidazole rings is 1. The number of carboxylic acid groups (broad SMARTS) is 1. The van der Waals surface area contributed by atoms with E-state index in [2.05, 4.69) is 16.0 Å². The summed E-state index contributed by atoms with van der Waals surface area (Å²) < 4.78 is 5.80. The number of carboxylic acids is 1. The summed E-state index contributed by atoms with van der Waals surface area (Å²) in [5.41, 5.74) is 4.09. The largest absolute Gasteiger partial charge is 0.478 e. The summed E-state index contributed by atoms with van der Waals surface area (Å²) in [6, 6.07) is 17.9. The van der Waals surface area contributed by atoms with Crippen molar-refractivity contribution in [1.29, 1.82) is 5.26 Å². The van der Waals surface area contributed by atoms with E-state index in [1.807, 2.05) is 25.1 Å². The van der Waals surface area contributed by atoms with Crippen LogP contribution in [-0.2, 0) is 0 Å². The van der Waals surface area contributed by atoms with Gasteiger partial charge >= 0.3 is 5.97 Å². The van der Waals surface area contributed by atoms with Crippen LogP contribution in [0.4, 0.5) is 0 Å². The van der Waals surface area contributed by atoms with Gasteiger partial charge in [0.25, 0.3) is 0 Å². The van der Waals surface area contributed by atoms with E-state index >= 15 is 0 Å². The van der Waals surface area contributed by atoms with Crippen molar-refractivity contribution in [3.63, 3.8) is 0 Å². The van der Waals surface area contributed by atoms with Gasteiger partial charge in [0.2, 0.25) is 0 Å². The summed E-state index contributed by atoms with van der Waals surface area (Å²) in [6.45, 7) is 1.99. The Bertz CT molecular complexity index is 1250. The molecule has 2 aromatic carbocycles. The first-order chi connectivity index (χ1) is 13.5. The van der Waals surface area contributed by atoms with Gasteiger partial charge in [0.05, 0.1) is 22.2 Å². The van der Waals surface area contributed by atoms with E-state index in [1.54, 1.807) is 30.3 Å². The highest BCUT2D eigenvalue weighted by Crippen LogP contribution is 2.26. The molecule has 0 radical (unpaired) electrons. The molecule has 0 saturated carbocycles. The Hall–Kier alpha value is -4.11. The Morgan fingerprint density at radius 2 is 1.96 bits per heavy atom. The molecule has 6 nitrogen and oxygen atoms in total. The number of aryl methyl sites for hydroxylation is 1. The van der Waals surface area contributed by atoms with E-state index < -0.39 is 5.97 Å². The molecule has 0 bridgehead atoms. The number of fused-ring (bicyclic) bond motifs is 1. The minimum absolute atomic E-state index is 0.210. The third-order valence-electron chi connectivity index (χ3n) is 4.34. The summed E-state index contributed by atoms with van der Waals surface area (Å²) in [4.78, 5) is 18.6. The lowest BCUT2D eigenvalue weighted by Gasteiger charge is -1.98. The minimum Gasteiger partial charge on any atom is -0.478 e. The molecule has 0 aliphatic rings. The van der Waals surface area contributed by atoms with Crippen molar-refractivity contribution >= 4 is 28.7 Å². The highest BCUT2D eigenvalue weighted by atomic mass is 16.4. The highest BCUT2D eigenvalue weighted by Gasteiger charge is 2.11. The second kappa shape index (κ2) is 6.89. The van der Waals surface area contributed by atoms with Crippen LogP contribution in [0, 0.1) is 18.3 Å². The number of nitriles is 1. The molecule has 2 aromatic heterocycles. The molecule has 2 N–H and O–H groups in total. The van der Waals surface area contributed by atoms with Gasteiger partial charge in [-0.3, -0.25) is 0 Å². The van der Waals surface area contributed by atoms with E-state index in [9.17, 15) is 10.1 Å². The van der Waals surface area contributed by atoms with Crippen LogP contribution in [0.1, 0.15) is 27.5 Å². The Kier molecular flexibility index (Phi) is 4.26. The summed E-state index contributed by atoms with van der Waals surface area (Å²) in [5.74, 6) is 0.590. The average Bonchev–Trinajstić information content (AvgIpc) is 3.32. The fourth-order valence-corrected chi connectivity index (χ4v) is 2.91. The molecule has 0 atom stereocenters. The first kappa shape index (κ1) is 17.3. The third-order valence-corrected chi connectivity index (χ3v) is 4.34. The molecular formula is C22H15N3O3. The number of aromatic carboxylic acids is 1. The normalized spacial score (nSPS) is 11.5. The number of nitrogens with one attached hydrogen (secondary N) is 1. The maximum atomic E-state index is 11.0. The quantitative estimate of drug-likeness (QED) is 0.498. The van der Waals surface area contributed by atoms with Crippen LogP contribution in [0.5, 0.6) is 0 Å². The van der Waals surface area contributed by atoms with Gasteiger partial charge in [0, 0.05) is 11.6 Å². The zero-order valence-corrected chi connectivity index (χ0v) is 14.9. The van der Waals surface area contributed by atoms with Gasteiger partial charge in [-0.2, -0.15) is 5.26 Å². The van der Waals surface area contributed by atoms with Gasteiger partial charge in [-0.25, -0.2) is 9.78 Å². The molecule has 0 fully saturated rings. The van der Waals surface area contributed by atoms with Crippen molar-refractivity contribution in [1.82, 2.24) is 9.97 Å². The number of benzene rings is 2. The Balaban J connectivity index is 1.65. The van der Waals surface area contributed by atoms with Crippen LogP contribution < -0.4 is 0 Å². The molecule has 0 aliphatic heterocycles. The number of carbonyl (C=O) groups is 1. The van der Waals surface area contributed by atoms with Crippen LogP contribution in [0.3, 0.4) is 0 Å². The zero-order valence-electron chi connectivity index (χ0n) is 14.9. The summed E-state index contributed by atoms with van der Waals surface area (Å²) in [6.07, 6.45) is 1.62. The first-order valence-electron chi connectivity index (χ1n) is 8.55. The molecule has 0 unspecified atom stereocenters. The smallest absolute Gasteiger partial charge is 0.335 e. The van der Waals surface area contributed by atoms with E-state index in [0.29, 0.717) is 22.9 Å². The van der Waals surface area contributed by atoms with Crippen molar-refractivity contribution in [2.24, 2.45) is 0 Å². The number of hydrogen-bond donors (Lipinski definition) is 2. The number of rotatable bonds is 4. The van der Waals surface area contributed by atoms with Crippen LogP contribution in [0.15, 0.2) is 59.0 Å². The number of allylic oxidation sites excluding steroid dienone is 1. The second-order valence-corrected chi connectivity index (χ2v) is 6.36. The summed E-state index contributed by atoms with van der Waals surface area (Å²) >= 11 is 0. The van der Waals surface area contributed by atoms with Gasteiger partial charge in [-0.1, -0.05) is 18.2 Å². The third kappa shape index (κ3) is 3.29. The molecule has 0 amide bonds. The van der Waals surface area contributed by atoms with Crippen molar-refractivity contribution < 1.29 is 14.3 Å². The van der Waals surface area contributed by atoms with Gasteiger partial charge in [-0.15, -0.1) is 0 Å². The first-order valence-corrected chi connectivity index (χ1v) is 8.55. The van der Waals surface area contributed by atoms with E-state index in [1.165, 1.54) is 12.1 Å². The predicted molar refractivity (Wildman–Crippen MR) is 105 cm³/mol. The van der Waals surface area contributed by atoms with Crippen molar-refractivity contribution in [3.05, 3.63) is 77.3 Å². The molecule has 4 aromatic rings. The van der Waals surface area contributed by atoms with Gasteiger partial charge in [0.1, 0.15) is 23.4 Å². The van der Waals surface area contributed by atoms with Crippen molar-refractivity contribution in [2.45, 2.75) is 6.92 Å². The lowest BCUT2D eigenvalue weighted by atomic mass is 10.1. The van der Waals surface area contributed by atoms with E-state index in [4.69, 9.17) is 9.52 Å². The number of hydrogen-bond acceptors (Lipinski definition) is 4. The van der Waals surface area contributed by atoms with Crippen molar-refractivity contribution in [2.75, 3.05) is 0 Å². The number of H-pyrrole nitrogens is 1. The fraction of sp³-hybridized carbons (Fsp3) is 0.0455. The molecule has 28 heavy (non-hydrogen) atoms. The van der Waals surface area contributed by atoms with Gasteiger partial charge < -0.3 is 14.5 Å². The molecule has 0 spiro atoms. The van der Waals surface area contributed by atoms with Crippen LogP contribution in [0.25, 0.3) is 34.0 Å². The Morgan fingerprint density at radius 3 is 2.68 bits per heavy atom. The molecule has 136 valence electrons. The lowest BCUT2D eigenvalue weighted by molar-refractivity contribution is 0.0697. The summed E-state index contributed by atoms with van der Waals surface area (Å²) in [5, 5.41) is 18.5. The molecule has 0 saturated heterocycles. The number of nitrogens with zero attached hydrogens (tertiary/aromatic N) is 2. The minimum atomic E-state index is -0.977. The van der Waals surface area contributed by atoms with E-state index in [-0.39, 0.29) is 5.56 Å². The van der Waals surface area contributed by atoms with Crippen LogP contribution in [-0.4, -0.2) is 21.0 Å². The standard InChI is InChI=1S/C22H15N3O3/c1-13-2-8-18-19(10-13)25-21(24-18)16(12-23)11-17-7-9-20(28-17)14-3-5-15(6-4-14)22(26)27/h2-11H,1H3,(H,24,25)(H,26,27)/b16-11-. The SMILES string of the molecule is Cc1ccc2nc(/C(C#N)=C\c3ccc(-c4ccc(C(=O)O)cc4)o3)[nH]c2c1. The molecule has 0 aliphatic carbocycles. The highest BCUT2D eigenvalue weighted by molar-refractivity contribution is 5.90. The average molecular weight is 369 g/mol. The zero-order chi connectivity index (χ0) is 19.7. The number of aromatic nitrogens is 2. The van der Waals surface area contributed by atoms with Gasteiger partial charge in [0.15, 0.2) is 0 Å². The maximum Gasteiger partial charge on any atom is 0.335 e. The Morgan fingerprint density at radius 1 is 1.18 bits per heavy atom. The predicted octanol–water partition coefficient (Wildman–Crippen LogP) is 4.89. The topological polar surface area (TPSA) is 103 Å². The van der Waals surface area contributed by atoms with Crippen LogP contribution in [0.2, 0.25) is 0 Å². The number of furan rings is 1. The summed E-state index contributed by atoms with van der Waals surface area (Å²) in [7, 11) is 0. The fourth-order valence-electron chi connectivity index (χ4n) is 2.91. The lowest BCUT2D eigenvalue weighted by Crippen LogP contribution is -1.94. The maximum absolute atomic E-state index is 11.0. The van der Waals surface area contributed by atoms with Crippen LogP contribution >= 0.6 is 0 Å². The van der Waals surface area contributed by atoms with E-state index in [0.717, 1.165) is 22.2 Å².